The Morgan fingerprint density at radius 1 is 1.35 bits per heavy atom. The summed E-state index contributed by atoms with van der Waals surface area (Å²) in [4.78, 5) is 11.0. The van der Waals surface area contributed by atoms with Crippen molar-refractivity contribution in [3.05, 3.63) is 63.1 Å². The van der Waals surface area contributed by atoms with Crippen molar-refractivity contribution in [3.8, 4) is 11.5 Å². The van der Waals surface area contributed by atoms with Crippen LogP contribution in [0.1, 0.15) is 15.9 Å². The highest BCUT2D eigenvalue weighted by Crippen LogP contribution is 2.42. The van der Waals surface area contributed by atoms with Gasteiger partial charge in [-0.05, 0) is 56.1 Å². The summed E-state index contributed by atoms with van der Waals surface area (Å²) in [6.07, 6.45) is 3.23. The second-order valence-electron chi connectivity index (χ2n) is 4.98. The van der Waals surface area contributed by atoms with Gasteiger partial charge in [0.05, 0.1) is 29.0 Å². The molecule has 0 atom stereocenters. The molecule has 136 valence electrons. The van der Waals surface area contributed by atoms with Gasteiger partial charge in [0.1, 0.15) is 6.61 Å². The lowest BCUT2D eigenvalue weighted by molar-refractivity contribution is 0.0697. The molecule has 6 nitrogen and oxygen atoms in total. The molecule has 0 bridgehead atoms. The van der Waals surface area contributed by atoms with Gasteiger partial charge in [0.2, 0.25) is 0 Å². The zero-order valence-corrected chi connectivity index (χ0v) is 17.0. The van der Waals surface area contributed by atoms with E-state index in [1.54, 1.807) is 37.6 Å². The van der Waals surface area contributed by atoms with Crippen molar-refractivity contribution in [1.82, 2.24) is 0 Å². The smallest absolute Gasteiger partial charge is 0.335 e. The lowest BCUT2D eigenvalue weighted by Gasteiger charge is -2.14. The molecule has 2 rings (SSSR count). The van der Waals surface area contributed by atoms with Crippen molar-refractivity contribution in [1.29, 1.82) is 0 Å². The molecule has 0 fully saturated rings. The number of carbonyl (C=O) groups is 1. The summed E-state index contributed by atoms with van der Waals surface area (Å²) in [6, 6.07) is 8.14. The van der Waals surface area contributed by atoms with E-state index in [-0.39, 0.29) is 5.56 Å². The Morgan fingerprint density at radius 3 is 2.77 bits per heavy atom. The fourth-order valence-corrected chi connectivity index (χ4v) is 2.96. The standard InChI is InChI=1S/C18H16Br2N2O4/c1-3-7-26-17-14(25-2)9-12(15(19)16(17)20)10-21-22-13-6-4-5-11(8-13)18(23)24/h3-6,8-10,22H,1,7H2,2H3,(H,23,24)/b21-10-. The zero-order valence-electron chi connectivity index (χ0n) is 13.8. The average molecular weight is 484 g/mol. The number of hydrazone groups is 1. The molecule has 2 aromatic carbocycles. The maximum absolute atomic E-state index is 11.0. The first-order chi connectivity index (χ1) is 12.5. The highest BCUT2D eigenvalue weighted by atomic mass is 79.9. The third-order valence-corrected chi connectivity index (χ3v) is 5.37. The topological polar surface area (TPSA) is 80.2 Å². The van der Waals surface area contributed by atoms with Crippen molar-refractivity contribution in [2.24, 2.45) is 5.10 Å². The van der Waals surface area contributed by atoms with E-state index >= 15 is 0 Å². The van der Waals surface area contributed by atoms with Crippen LogP contribution in [0.25, 0.3) is 0 Å². The monoisotopic (exact) mass is 482 g/mol. The molecule has 0 heterocycles. The number of nitrogens with one attached hydrogen (secondary N) is 1. The van der Waals surface area contributed by atoms with E-state index in [1.165, 1.54) is 12.1 Å². The lowest BCUT2D eigenvalue weighted by atomic mass is 10.2. The maximum Gasteiger partial charge on any atom is 0.335 e. The molecule has 0 aliphatic carbocycles. The van der Waals surface area contributed by atoms with Crippen LogP contribution in [0.5, 0.6) is 11.5 Å². The number of ether oxygens (including phenoxy) is 2. The van der Waals surface area contributed by atoms with E-state index in [1.807, 2.05) is 0 Å². The number of aromatic carboxylic acids is 1. The van der Waals surface area contributed by atoms with Crippen LogP contribution < -0.4 is 14.9 Å². The number of methoxy groups -OCH3 is 1. The minimum Gasteiger partial charge on any atom is -0.493 e. The third-order valence-electron chi connectivity index (χ3n) is 3.23. The second-order valence-corrected chi connectivity index (χ2v) is 6.57. The van der Waals surface area contributed by atoms with Crippen molar-refractivity contribution >= 4 is 49.7 Å². The normalized spacial score (nSPS) is 10.6. The lowest BCUT2D eigenvalue weighted by Crippen LogP contribution is -2.00. The molecule has 8 heteroatoms. The Labute approximate surface area is 167 Å². The molecule has 0 aromatic heterocycles. The van der Waals surface area contributed by atoms with Gasteiger partial charge in [-0.1, -0.05) is 18.7 Å². The van der Waals surface area contributed by atoms with E-state index in [2.05, 4.69) is 49.0 Å². The van der Waals surface area contributed by atoms with Crippen LogP contribution in [0.4, 0.5) is 5.69 Å². The Balaban J connectivity index is 2.24. The molecule has 0 unspecified atom stereocenters. The van der Waals surface area contributed by atoms with Crippen LogP contribution in [0.15, 0.2) is 57.0 Å². The van der Waals surface area contributed by atoms with E-state index in [0.29, 0.717) is 28.3 Å². The van der Waals surface area contributed by atoms with E-state index in [0.717, 1.165) is 10.0 Å². The molecule has 0 spiro atoms. The molecule has 2 N–H and O–H groups in total. The first-order valence-corrected chi connectivity index (χ1v) is 8.98. The van der Waals surface area contributed by atoms with Gasteiger partial charge in [-0.25, -0.2) is 4.79 Å². The van der Waals surface area contributed by atoms with E-state index in [9.17, 15) is 4.79 Å². The van der Waals surface area contributed by atoms with Gasteiger partial charge >= 0.3 is 5.97 Å². The SMILES string of the molecule is C=CCOc1c(OC)cc(/C=N\Nc2cccc(C(=O)O)c2)c(Br)c1Br. The number of carboxylic acid groups (broad SMARTS) is 1. The first-order valence-electron chi connectivity index (χ1n) is 7.40. The van der Waals surface area contributed by atoms with Gasteiger partial charge in [0.15, 0.2) is 11.5 Å². The predicted molar refractivity (Wildman–Crippen MR) is 109 cm³/mol. The average Bonchev–Trinajstić information content (AvgIpc) is 2.64. The van der Waals surface area contributed by atoms with Crippen LogP contribution in [-0.2, 0) is 0 Å². The fraction of sp³-hybridized carbons (Fsp3) is 0.111. The Morgan fingerprint density at radius 2 is 2.12 bits per heavy atom. The highest BCUT2D eigenvalue weighted by molar-refractivity contribution is 9.13. The van der Waals surface area contributed by atoms with Crippen LogP contribution in [-0.4, -0.2) is 31.0 Å². The van der Waals surface area contributed by atoms with Crippen LogP contribution >= 0.6 is 31.9 Å². The van der Waals surface area contributed by atoms with Crippen molar-refractivity contribution in [3.63, 3.8) is 0 Å². The molecule has 0 amide bonds. The molecule has 2 aromatic rings. The minimum absolute atomic E-state index is 0.180. The number of rotatable bonds is 8. The summed E-state index contributed by atoms with van der Waals surface area (Å²) in [5, 5.41) is 13.2. The molecular weight excluding hydrogens is 468 g/mol. The van der Waals surface area contributed by atoms with Crippen LogP contribution in [0.3, 0.4) is 0 Å². The van der Waals surface area contributed by atoms with Crippen molar-refractivity contribution in [2.75, 3.05) is 19.1 Å². The van der Waals surface area contributed by atoms with Gasteiger partial charge in [-0.2, -0.15) is 5.10 Å². The summed E-state index contributed by atoms with van der Waals surface area (Å²) in [7, 11) is 1.55. The maximum atomic E-state index is 11.0. The van der Waals surface area contributed by atoms with E-state index in [4.69, 9.17) is 14.6 Å². The number of benzene rings is 2. The van der Waals surface area contributed by atoms with Crippen molar-refractivity contribution < 1.29 is 19.4 Å². The van der Waals surface area contributed by atoms with Gasteiger partial charge in [0.25, 0.3) is 0 Å². The van der Waals surface area contributed by atoms with Gasteiger partial charge < -0.3 is 14.6 Å². The molecule has 0 aliphatic heterocycles. The van der Waals surface area contributed by atoms with Crippen LogP contribution in [0.2, 0.25) is 0 Å². The van der Waals surface area contributed by atoms with E-state index < -0.39 is 5.97 Å². The molecule has 0 saturated heterocycles. The van der Waals surface area contributed by atoms with Gasteiger partial charge in [-0.15, -0.1) is 0 Å². The summed E-state index contributed by atoms with van der Waals surface area (Å²) < 4.78 is 12.4. The fourth-order valence-electron chi connectivity index (χ4n) is 2.03. The number of hydrogen-bond donors (Lipinski definition) is 2. The summed E-state index contributed by atoms with van der Waals surface area (Å²) >= 11 is 6.98. The number of hydrogen-bond acceptors (Lipinski definition) is 5. The predicted octanol–water partition coefficient (Wildman–Crippen LogP) is 4.93. The number of carboxylic acids is 1. The largest absolute Gasteiger partial charge is 0.493 e. The third kappa shape index (κ3) is 4.86. The Kier molecular flexibility index (Phi) is 7.23. The van der Waals surface area contributed by atoms with Crippen molar-refractivity contribution in [2.45, 2.75) is 0 Å². The second kappa shape index (κ2) is 9.40. The van der Waals surface area contributed by atoms with Gasteiger partial charge in [-0.3, -0.25) is 5.43 Å². The summed E-state index contributed by atoms with van der Waals surface area (Å²) in [6.45, 7) is 3.97. The Hall–Kier alpha value is -2.32. The zero-order chi connectivity index (χ0) is 19.1. The molecule has 0 radical (unpaired) electrons. The molecule has 26 heavy (non-hydrogen) atoms. The summed E-state index contributed by atoms with van der Waals surface area (Å²) in [5.41, 5.74) is 4.29. The quantitative estimate of drug-likeness (QED) is 0.316. The minimum atomic E-state index is -0.996. The summed E-state index contributed by atoms with van der Waals surface area (Å²) in [5.74, 6) is 0.0962. The Bertz CT molecular complexity index is 853. The molecule has 0 aliphatic rings. The number of halogens is 2. The first kappa shape index (κ1) is 20.0. The highest BCUT2D eigenvalue weighted by Gasteiger charge is 2.16. The number of nitrogens with zero attached hydrogens (tertiary/aromatic N) is 1. The van der Waals surface area contributed by atoms with Crippen LogP contribution in [0, 0.1) is 0 Å². The molecule has 0 saturated carbocycles. The van der Waals surface area contributed by atoms with Gasteiger partial charge in [0, 0.05) is 10.0 Å². The number of anilines is 1. The molecular formula is C18H16Br2N2O4.